The van der Waals surface area contributed by atoms with Crippen LogP contribution < -0.4 is 10.6 Å². The first kappa shape index (κ1) is 22.2. The van der Waals surface area contributed by atoms with Crippen LogP contribution in [0.25, 0.3) is 0 Å². The predicted molar refractivity (Wildman–Crippen MR) is 107 cm³/mol. The Kier molecular flexibility index (Phi) is 12.0. The summed E-state index contributed by atoms with van der Waals surface area (Å²) in [6.07, 6.45) is 0.868. The molecule has 4 nitrogen and oxygen atoms in total. The summed E-state index contributed by atoms with van der Waals surface area (Å²) in [5.74, 6) is 1.40. The van der Waals surface area contributed by atoms with Crippen molar-refractivity contribution in [3.05, 3.63) is 0 Å². The summed E-state index contributed by atoms with van der Waals surface area (Å²) in [6.45, 7) is 1.20. The molecule has 0 spiro atoms. The number of alkyl halides is 6. The summed E-state index contributed by atoms with van der Waals surface area (Å²) in [5, 5.41) is 5.53. The van der Waals surface area contributed by atoms with Crippen molar-refractivity contribution in [3.8, 4) is 0 Å². The molecule has 2 amide bonds. The van der Waals surface area contributed by atoms with Crippen LogP contribution in [-0.4, -0.2) is 40.7 Å². The number of halogens is 6. The third-order valence-corrected chi connectivity index (χ3v) is 5.03. The maximum atomic E-state index is 11.4. The standard InChI is InChI=1S/C9H12Br6N2O2S/c10-8(11,12)6(18)16-2-1-4-20-5-3-17-7(19)9(13,14)15/h1-5H2,(H,16,18)(H,17,19). The second-order valence-electron chi connectivity index (χ2n) is 3.47. The molecule has 0 fully saturated rings. The molecule has 0 aromatic heterocycles. The van der Waals surface area contributed by atoms with Crippen LogP contribution in [0.4, 0.5) is 0 Å². The molecule has 0 aromatic rings. The van der Waals surface area contributed by atoms with E-state index in [0.29, 0.717) is 13.1 Å². The average Bonchev–Trinajstić information content (AvgIpc) is 2.29. The van der Waals surface area contributed by atoms with Gasteiger partial charge in [0.25, 0.3) is 11.8 Å². The summed E-state index contributed by atoms with van der Waals surface area (Å²) >= 11 is 20.6. The van der Waals surface area contributed by atoms with E-state index in [4.69, 9.17) is 0 Å². The molecule has 0 atom stereocenters. The molecule has 0 aliphatic rings. The maximum absolute atomic E-state index is 11.4. The molecule has 0 saturated carbocycles. The van der Waals surface area contributed by atoms with Crippen LogP contribution >= 0.6 is 107 Å². The van der Waals surface area contributed by atoms with E-state index in [9.17, 15) is 9.59 Å². The van der Waals surface area contributed by atoms with Gasteiger partial charge in [-0.2, -0.15) is 11.8 Å². The first-order valence-corrected chi connectivity index (χ1v) is 11.2. The molecular formula is C9H12Br6N2O2S. The lowest BCUT2D eigenvalue weighted by molar-refractivity contribution is -0.120. The highest BCUT2D eigenvalue weighted by Gasteiger charge is 2.28. The van der Waals surface area contributed by atoms with E-state index in [-0.39, 0.29) is 11.8 Å². The van der Waals surface area contributed by atoms with Gasteiger partial charge < -0.3 is 10.6 Å². The summed E-state index contributed by atoms with van der Waals surface area (Å²) in [6, 6.07) is 0. The smallest absolute Gasteiger partial charge is 0.258 e. The van der Waals surface area contributed by atoms with E-state index in [0.717, 1.165) is 17.9 Å². The molecule has 20 heavy (non-hydrogen) atoms. The lowest BCUT2D eigenvalue weighted by atomic mass is 10.5. The fraction of sp³-hybridized carbons (Fsp3) is 0.778. The molecule has 0 heterocycles. The first-order valence-electron chi connectivity index (χ1n) is 5.33. The first-order chi connectivity index (χ1) is 9.05. The monoisotopic (exact) mass is 686 g/mol. The number of hydrogen-bond acceptors (Lipinski definition) is 3. The molecule has 0 radical (unpaired) electrons. The zero-order valence-electron chi connectivity index (χ0n) is 10.0. The topological polar surface area (TPSA) is 58.2 Å². The number of carbonyl (C=O) groups is 2. The minimum absolute atomic E-state index is 0.168. The molecule has 0 bridgehead atoms. The number of nitrogens with one attached hydrogen (secondary N) is 2. The van der Waals surface area contributed by atoms with Gasteiger partial charge in [0.2, 0.25) is 4.29 Å². The van der Waals surface area contributed by atoms with Crippen LogP contribution in [0.5, 0.6) is 0 Å². The van der Waals surface area contributed by atoms with Crippen LogP contribution in [0.15, 0.2) is 0 Å². The highest BCUT2D eigenvalue weighted by atomic mass is 80.0. The molecule has 0 saturated heterocycles. The molecule has 0 aromatic carbocycles. The van der Waals surface area contributed by atoms with Gasteiger partial charge in [-0.25, -0.2) is 0 Å². The number of thioether (sulfide) groups is 1. The van der Waals surface area contributed by atoms with Crippen molar-refractivity contribution in [2.45, 2.75) is 10.7 Å². The summed E-state index contributed by atoms with van der Waals surface area (Å²) in [4.78, 5) is 22.9. The van der Waals surface area contributed by atoms with E-state index >= 15 is 0 Å². The minimum atomic E-state index is -0.893. The van der Waals surface area contributed by atoms with Gasteiger partial charge in [0.1, 0.15) is 0 Å². The fourth-order valence-electron chi connectivity index (χ4n) is 0.915. The number of amides is 2. The van der Waals surface area contributed by atoms with Crippen LogP contribution in [0.3, 0.4) is 0 Å². The maximum Gasteiger partial charge on any atom is 0.258 e. The fourth-order valence-corrected chi connectivity index (χ4v) is 2.56. The lowest BCUT2D eigenvalue weighted by Gasteiger charge is -2.13. The molecule has 0 aliphatic carbocycles. The third kappa shape index (κ3) is 11.7. The second-order valence-corrected chi connectivity index (χ2v) is 18.2. The summed E-state index contributed by atoms with van der Waals surface area (Å²) < 4.78 is -1.78. The van der Waals surface area contributed by atoms with Gasteiger partial charge in [-0.05, 0) is 108 Å². The number of carbonyl (C=O) groups excluding carboxylic acids is 2. The van der Waals surface area contributed by atoms with Crippen LogP contribution in [0.1, 0.15) is 6.42 Å². The molecule has 2 N–H and O–H groups in total. The molecule has 11 heteroatoms. The van der Waals surface area contributed by atoms with Gasteiger partial charge in [0, 0.05) is 18.8 Å². The van der Waals surface area contributed by atoms with Crippen molar-refractivity contribution in [1.29, 1.82) is 0 Å². The highest BCUT2D eigenvalue weighted by molar-refractivity contribution is 9.40. The van der Waals surface area contributed by atoms with Gasteiger partial charge in [-0.15, -0.1) is 0 Å². The van der Waals surface area contributed by atoms with Crippen LogP contribution in [0, 0.1) is 0 Å². The van der Waals surface area contributed by atoms with Crippen molar-refractivity contribution in [1.82, 2.24) is 10.6 Å². The quantitative estimate of drug-likeness (QED) is 0.314. The highest BCUT2D eigenvalue weighted by Crippen LogP contribution is 2.33. The van der Waals surface area contributed by atoms with Gasteiger partial charge in [-0.1, -0.05) is 0 Å². The van der Waals surface area contributed by atoms with Crippen molar-refractivity contribution in [3.63, 3.8) is 0 Å². The van der Waals surface area contributed by atoms with E-state index in [1.807, 2.05) is 0 Å². The van der Waals surface area contributed by atoms with Crippen molar-refractivity contribution in [2.75, 3.05) is 24.6 Å². The van der Waals surface area contributed by atoms with Crippen molar-refractivity contribution >= 4 is 119 Å². The van der Waals surface area contributed by atoms with Crippen LogP contribution in [0.2, 0.25) is 0 Å². The second kappa shape index (κ2) is 10.9. The van der Waals surface area contributed by atoms with Crippen molar-refractivity contribution in [2.24, 2.45) is 0 Å². The van der Waals surface area contributed by atoms with E-state index in [2.05, 4.69) is 106 Å². The Labute approximate surface area is 172 Å². The van der Waals surface area contributed by atoms with E-state index in [1.54, 1.807) is 11.8 Å². The minimum Gasteiger partial charge on any atom is -0.353 e. The largest absolute Gasteiger partial charge is 0.353 e. The zero-order chi connectivity index (χ0) is 15.8. The number of rotatable bonds is 7. The van der Waals surface area contributed by atoms with Gasteiger partial charge in [0.15, 0.2) is 0 Å². The SMILES string of the molecule is O=C(NCCCSCCNC(=O)C(Br)(Br)Br)C(Br)(Br)Br. The van der Waals surface area contributed by atoms with Crippen LogP contribution in [-0.2, 0) is 9.59 Å². The Bertz CT molecular complexity index is 299. The van der Waals surface area contributed by atoms with E-state index in [1.165, 1.54) is 0 Å². The normalized spacial score (nSPS) is 12.1. The molecule has 0 aliphatic heterocycles. The zero-order valence-corrected chi connectivity index (χ0v) is 20.4. The molecule has 0 unspecified atom stereocenters. The van der Waals surface area contributed by atoms with Gasteiger partial charge >= 0.3 is 0 Å². The Morgan fingerprint density at radius 2 is 1.25 bits per heavy atom. The Morgan fingerprint density at radius 3 is 1.70 bits per heavy atom. The van der Waals surface area contributed by atoms with Gasteiger partial charge in [-0.3, -0.25) is 9.59 Å². The lowest BCUT2D eigenvalue weighted by Crippen LogP contribution is -2.35. The van der Waals surface area contributed by atoms with E-state index < -0.39 is 4.29 Å². The summed E-state index contributed by atoms with van der Waals surface area (Å²) in [5.41, 5.74) is 0. The van der Waals surface area contributed by atoms with Gasteiger partial charge in [0.05, 0.1) is 0 Å². The third-order valence-electron chi connectivity index (χ3n) is 1.80. The molecule has 118 valence electrons. The Balaban J connectivity index is 3.47. The summed E-state index contributed by atoms with van der Waals surface area (Å²) in [7, 11) is 0. The Morgan fingerprint density at radius 1 is 0.800 bits per heavy atom. The molecule has 0 rings (SSSR count). The average molecular weight is 692 g/mol. The Hall–Kier alpha value is 2.17. The molecular weight excluding hydrogens is 680 g/mol. The predicted octanol–water partition coefficient (Wildman–Crippen LogP) is 4.02. The number of hydrogen-bond donors (Lipinski definition) is 2. The van der Waals surface area contributed by atoms with Crippen molar-refractivity contribution < 1.29 is 9.59 Å².